The van der Waals surface area contributed by atoms with Crippen LogP contribution in [0, 0.1) is 6.92 Å². The second-order valence-corrected chi connectivity index (χ2v) is 10.3. The van der Waals surface area contributed by atoms with Crippen molar-refractivity contribution in [3.8, 4) is 10.8 Å². The summed E-state index contributed by atoms with van der Waals surface area (Å²) in [5.74, 6) is 0.310. The number of nitrogens with one attached hydrogen (secondary N) is 1. The molecule has 0 aliphatic rings. The third kappa shape index (κ3) is 4.34. The van der Waals surface area contributed by atoms with Crippen molar-refractivity contribution in [2.24, 2.45) is 0 Å². The molecule has 4 rings (SSSR count). The first-order valence-electron chi connectivity index (χ1n) is 11.7. The van der Waals surface area contributed by atoms with Gasteiger partial charge in [0.05, 0.1) is 24.9 Å². The van der Waals surface area contributed by atoms with E-state index < -0.39 is 22.7 Å². The van der Waals surface area contributed by atoms with Crippen molar-refractivity contribution in [2.45, 2.75) is 59.2 Å². The number of carbonyl (C=O) groups is 1. The molecule has 4 aromatic rings. The number of hydrogen-bond donors (Lipinski definition) is 1. The quantitative estimate of drug-likeness (QED) is 0.390. The lowest BCUT2D eigenvalue weighted by Gasteiger charge is -2.27. The van der Waals surface area contributed by atoms with Crippen molar-refractivity contribution in [1.29, 1.82) is 0 Å². The Morgan fingerprint density at radius 2 is 1.83 bits per heavy atom. The minimum atomic E-state index is -1.42. The molecule has 0 spiro atoms. The SMILES string of the molecule is COc1ccccc1CCn1c(=O)n(C(C)(C)C(=O)NC(C)C)c(=O)c2c(C)c(-n3nccn3)sc21. The second kappa shape index (κ2) is 9.73. The molecule has 190 valence electrons. The molecule has 0 atom stereocenters. The van der Waals surface area contributed by atoms with Crippen molar-refractivity contribution < 1.29 is 9.53 Å². The number of para-hydroxylation sites is 1. The van der Waals surface area contributed by atoms with E-state index in [4.69, 9.17) is 4.74 Å². The smallest absolute Gasteiger partial charge is 0.333 e. The molecule has 0 aliphatic heterocycles. The first kappa shape index (κ1) is 25.4. The van der Waals surface area contributed by atoms with Gasteiger partial charge < -0.3 is 10.1 Å². The van der Waals surface area contributed by atoms with Gasteiger partial charge in [0.2, 0.25) is 5.91 Å². The molecule has 10 nitrogen and oxygen atoms in total. The van der Waals surface area contributed by atoms with Gasteiger partial charge in [-0.05, 0) is 52.7 Å². The minimum absolute atomic E-state index is 0.149. The number of aromatic nitrogens is 5. The summed E-state index contributed by atoms with van der Waals surface area (Å²) in [5, 5.41) is 12.3. The van der Waals surface area contributed by atoms with Gasteiger partial charge in [0.25, 0.3) is 5.56 Å². The zero-order valence-electron chi connectivity index (χ0n) is 21.2. The fraction of sp³-hybridized carbons (Fsp3) is 0.400. The van der Waals surface area contributed by atoms with E-state index in [0.717, 1.165) is 15.9 Å². The largest absolute Gasteiger partial charge is 0.496 e. The molecular weight excluding hydrogens is 480 g/mol. The molecule has 1 amide bonds. The van der Waals surface area contributed by atoms with Gasteiger partial charge in [-0.2, -0.15) is 10.2 Å². The number of nitrogens with zero attached hydrogens (tertiary/aromatic N) is 5. The van der Waals surface area contributed by atoms with Gasteiger partial charge in [0.1, 0.15) is 21.1 Å². The summed E-state index contributed by atoms with van der Waals surface area (Å²) >= 11 is 1.28. The topological polar surface area (TPSA) is 113 Å². The maximum Gasteiger partial charge on any atom is 0.333 e. The predicted octanol–water partition coefficient (Wildman–Crippen LogP) is 2.62. The Balaban J connectivity index is 1.97. The van der Waals surface area contributed by atoms with Gasteiger partial charge in [-0.25, -0.2) is 9.36 Å². The summed E-state index contributed by atoms with van der Waals surface area (Å²) in [6.07, 6.45) is 3.59. The van der Waals surface area contributed by atoms with E-state index >= 15 is 0 Å². The number of thiophene rings is 1. The van der Waals surface area contributed by atoms with Crippen molar-refractivity contribution >= 4 is 27.5 Å². The normalized spacial score (nSPS) is 11.9. The number of aryl methyl sites for hydroxylation is 3. The highest BCUT2D eigenvalue weighted by atomic mass is 32.1. The summed E-state index contributed by atoms with van der Waals surface area (Å²) in [4.78, 5) is 42.8. The van der Waals surface area contributed by atoms with Gasteiger partial charge in [-0.15, -0.1) is 4.80 Å². The average Bonchev–Trinajstić information content (AvgIpc) is 3.46. The van der Waals surface area contributed by atoms with Crippen LogP contribution in [0.3, 0.4) is 0 Å². The van der Waals surface area contributed by atoms with E-state index in [1.165, 1.54) is 16.1 Å². The number of rotatable bonds is 8. The Bertz CT molecular complexity index is 1530. The highest BCUT2D eigenvalue weighted by Gasteiger charge is 2.35. The Hall–Kier alpha value is -3.73. The van der Waals surface area contributed by atoms with E-state index in [0.29, 0.717) is 27.2 Å². The number of methoxy groups -OCH3 is 1. The van der Waals surface area contributed by atoms with Crippen LogP contribution in [0.1, 0.15) is 38.8 Å². The van der Waals surface area contributed by atoms with E-state index in [-0.39, 0.29) is 12.6 Å². The molecule has 1 aromatic carbocycles. The summed E-state index contributed by atoms with van der Waals surface area (Å²) < 4.78 is 8.11. The zero-order valence-corrected chi connectivity index (χ0v) is 22.0. The first-order valence-corrected chi connectivity index (χ1v) is 12.5. The van der Waals surface area contributed by atoms with Gasteiger partial charge in [-0.1, -0.05) is 29.5 Å². The molecule has 0 bridgehead atoms. The fourth-order valence-corrected chi connectivity index (χ4v) is 5.45. The maximum absolute atomic E-state index is 13.9. The number of carbonyl (C=O) groups excluding carboxylic acids is 1. The molecule has 0 unspecified atom stereocenters. The summed E-state index contributed by atoms with van der Waals surface area (Å²) in [6, 6.07) is 7.45. The Labute approximate surface area is 212 Å². The number of hydrogen-bond acceptors (Lipinski definition) is 7. The first-order chi connectivity index (χ1) is 17.1. The standard InChI is InChI=1S/C25H30N6O4S/c1-15(2)28-23(33)25(4,5)30-20(32)19-16(3)21(31-26-12-13-27-31)36-22(19)29(24(30)34)14-11-17-9-7-8-10-18(17)35-6/h7-10,12-13,15H,11,14H2,1-6H3,(H,28,33). The Morgan fingerprint density at radius 3 is 2.47 bits per heavy atom. The van der Waals surface area contributed by atoms with Crippen LogP contribution in [0.25, 0.3) is 15.2 Å². The number of benzene rings is 1. The molecule has 0 saturated heterocycles. The number of ether oxygens (including phenoxy) is 1. The number of amides is 1. The molecule has 3 heterocycles. The lowest BCUT2D eigenvalue weighted by atomic mass is 10.0. The van der Waals surface area contributed by atoms with Crippen molar-refractivity contribution in [3.05, 3.63) is 68.6 Å². The van der Waals surface area contributed by atoms with Crippen molar-refractivity contribution in [2.75, 3.05) is 7.11 Å². The molecule has 3 aromatic heterocycles. The van der Waals surface area contributed by atoms with Crippen LogP contribution >= 0.6 is 11.3 Å². The summed E-state index contributed by atoms with van der Waals surface area (Å²) in [6.45, 7) is 8.92. The van der Waals surface area contributed by atoms with Crippen LogP contribution in [-0.2, 0) is 23.3 Å². The van der Waals surface area contributed by atoms with Crippen molar-refractivity contribution in [3.63, 3.8) is 0 Å². The highest BCUT2D eigenvalue weighted by Crippen LogP contribution is 2.31. The van der Waals surface area contributed by atoms with Gasteiger partial charge in [0.15, 0.2) is 0 Å². The predicted molar refractivity (Wildman–Crippen MR) is 139 cm³/mol. The van der Waals surface area contributed by atoms with Crippen molar-refractivity contribution in [1.82, 2.24) is 29.4 Å². The molecule has 11 heteroatoms. The highest BCUT2D eigenvalue weighted by molar-refractivity contribution is 7.21. The summed E-state index contributed by atoms with van der Waals surface area (Å²) in [7, 11) is 1.60. The molecule has 1 N–H and O–H groups in total. The zero-order chi connectivity index (χ0) is 26.2. The van der Waals surface area contributed by atoms with Gasteiger partial charge in [0, 0.05) is 18.2 Å². The molecule has 36 heavy (non-hydrogen) atoms. The third-order valence-corrected chi connectivity index (χ3v) is 7.40. The van der Waals surface area contributed by atoms with Crippen LogP contribution in [-0.4, -0.2) is 43.2 Å². The molecule has 0 saturated carbocycles. The van der Waals surface area contributed by atoms with E-state index in [9.17, 15) is 14.4 Å². The van der Waals surface area contributed by atoms with Crippen LogP contribution in [0.5, 0.6) is 5.75 Å². The average molecular weight is 511 g/mol. The van der Waals surface area contributed by atoms with Crippen LogP contribution in [0.2, 0.25) is 0 Å². The maximum atomic E-state index is 13.9. The van der Waals surface area contributed by atoms with Crippen LogP contribution in [0.15, 0.2) is 46.2 Å². The van der Waals surface area contributed by atoms with E-state index in [2.05, 4.69) is 15.5 Å². The van der Waals surface area contributed by atoms with Crippen LogP contribution in [0.4, 0.5) is 0 Å². The van der Waals surface area contributed by atoms with E-state index in [1.54, 1.807) is 44.8 Å². The minimum Gasteiger partial charge on any atom is -0.496 e. The molecule has 0 radical (unpaired) electrons. The lowest BCUT2D eigenvalue weighted by Crippen LogP contribution is -2.56. The Morgan fingerprint density at radius 1 is 1.17 bits per heavy atom. The van der Waals surface area contributed by atoms with Gasteiger partial charge in [-0.3, -0.25) is 14.2 Å². The third-order valence-electron chi connectivity index (χ3n) is 6.12. The monoisotopic (exact) mass is 510 g/mol. The summed E-state index contributed by atoms with van der Waals surface area (Å²) in [5.41, 5.74) is -0.905. The molecule has 0 fully saturated rings. The van der Waals surface area contributed by atoms with Crippen LogP contribution < -0.4 is 21.3 Å². The fourth-order valence-electron chi connectivity index (χ4n) is 4.22. The molecular formula is C25H30N6O4S. The molecule has 0 aliphatic carbocycles. The number of fused-ring (bicyclic) bond motifs is 1. The lowest BCUT2D eigenvalue weighted by molar-refractivity contribution is -0.129. The van der Waals surface area contributed by atoms with Gasteiger partial charge >= 0.3 is 5.69 Å². The second-order valence-electron chi connectivity index (χ2n) is 9.35. The van der Waals surface area contributed by atoms with E-state index in [1.807, 2.05) is 38.1 Å². The Kier molecular flexibility index (Phi) is 6.85.